The Hall–Kier alpha value is -1.26. The van der Waals surface area contributed by atoms with Crippen LogP contribution >= 0.6 is 0 Å². The van der Waals surface area contributed by atoms with Crippen LogP contribution in [0.1, 0.15) is 12.0 Å². The Labute approximate surface area is 109 Å². The lowest BCUT2D eigenvalue weighted by Gasteiger charge is -2.10. The Balaban J connectivity index is 2.17. The van der Waals surface area contributed by atoms with Crippen molar-refractivity contribution < 1.29 is 14.2 Å². The molecule has 18 heavy (non-hydrogen) atoms. The van der Waals surface area contributed by atoms with Gasteiger partial charge in [0.15, 0.2) is 0 Å². The predicted octanol–water partition coefficient (Wildman–Crippen LogP) is 2.47. The molecule has 102 valence electrons. The third-order valence-electron chi connectivity index (χ3n) is 2.61. The second-order valence-electron chi connectivity index (χ2n) is 4.07. The van der Waals surface area contributed by atoms with Gasteiger partial charge in [-0.3, -0.25) is 0 Å². The van der Waals surface area contributed by atoms with Crippen LogP contribution in [0, 0.1) is 6.92 Å². The van der Waals surface area contributed by atoms with Crippen molar-refractivity contribution in [2.75, 3.05) is 45.9 Å². The summed E-state index contributed by atoms with van der Waals surface area (Å²) in [6.07, 6.45) is 0.943. The lowest BCUT2D eigenvalue weighted by Crippen LogP contribution is -2.10. The molecule has 0 unspecified atom stereocenters. The van der Waals surface area contributed by atoms with Gasteiger partial charge in [0.25, 0.3) is 0 Å². The summed E-state index contributed by atoms with van der Waals surface area (Å²) in [5.74, 6) is 0.913. The topological polar surface area (TPSA) is 39.7 Å². The summed E-state index contributed by atoms with van der Waals surface area (Å²) in [5, 5.41) is 3.32. The van der Waals surface area contributed by atoms with E-state index in [-0.39, 0.29) is 0 Å². The monoisotopic (exact) mass is 253 g/mol. The largest absolute Gasteiger partial charge is 0.496 e. The van der Waals surface area contributed by atoms with E-state index in [0.717, 1.165) is 43.2 Å². The fourth-order valence-electron chi connectivity index (χ4n) is 1.66. The second kappa shape index (κ2) is 8.78. The van der Waals surface area contributed by atoms with Crippen LogP contribution in [0.4, 0.5) is 5.69 Å². The van der Waals surface area contributed by atoms with Crippen molar-refractivity contribution >= 4 is 5.69 Å². The van der Waals surface area contributed by atoms with Crippen molar-refractivity contribution in [2.45, 2.75) is 13.3 Å². The third-order valence-corrected chi connectivity index (χ3v) is 2.61. The highest BCUT2D eigenvalue weighted by atomic mass is 16.5. The quantitative estimate of drug-likeness (QED) is 0.686. The van der Waals surface area contributed by atoms with Crippen LogP contribution in [0.15, 0.2) is 18.2 Å². The number of ether oxygens (including phenoxy) is 3. The highest BCUT2D eigenvalue weighted by molar-refractivity contribution is 5.50. The molecular formula is C14H23NO3. The maximum atomic E-state index is 5.47. The third kappa shape index (κ3) is 5.38. The van der Waals surface area contributed by atoms with Crippen molar-refractivity contribution in [3.63, 3.8) is 0 Å². The van der Waals surface area contributed by atoms with Crippen LogP contribution in [0.25, 0.3) is 0 Å². The van der Waals surface area contributed by atoms with Crippen molar-refractivity contribution in [1.82, 2.24) is 0 Å². The summed E-state index contributed by atoms with van der Waals surface area (Å²) < 4.78 is 15.6. The number of anilines is 1. The first kappa shape index (κ1) is 14.8. The summed E-state index contributed by atoms with van der Waals surface area (Å²) in [6, 6.07) is 6.05. The molecule has 0 fully saturated rings. The van der Waals surface area contributed by atoms with Crippen molar-refractivity contribution in [3.05, 3.63) is 23.8 Å². The average Bonchev–Trinajstić information content (AvgIpc) is 2.38. The molecule has 1 aromatic carbocycles. The average molecular weight is 253 g/mol. The van der Waals surface area contributed by atoms with Crippen LogP contribution in [0.3, 0.4) is 0 Å². The van der Waals surface area contributed by atoms with E-state index in [2.05, 4.69) is 11.4 Å². The Morgan fingerprint density at radius 3 is 2.61 bits per heavy atom. The van der Waals surface area contributed by atoms with E-state index in [9.17, 15) is 0 Å². The number of hydrogen-bond donors (Lipinski definition) is 1. The van der Waals surface area contributed by atoms with Gasteiger partial charge in [-0.2, -0.15) is 0 Å². The van der Waals surface area contributed by atoms with Gasteiger partial charge in [-0.05, 0) is 37.1 Å². The summed E-state index contributed by atoms with van der Waals surface area (Å²) in [6.45, 7) is 5.04. The summed E-state index contributed by atoms with van der Waals surface area (Å²) >= 11 is 0. The fraction of sp³-hybridized carbons (Fsp3) is 0.571. The molecule has 0 aliphatic carbocycles. The van der Waals surface area contributed by atoms with Gasteiger partial charge in [-0.1, -0.05) is 0 Å². The molecule has 0 bridgehead atoms. The molecule has 1 aromatic rings. The molecule has 4 nitrogen and oxygen atoms in total. The van der Waals surface area contributed by atoms with Crippen molar-refractivity contribution in [1.29, 1.82) is 0 Å². The SMILES string of the molecule is COCCCOCCNc1ccc(OC)c(C)c1. The minimum Gasteiger partial charge on any atom is -0.496 e. The maximum Gasteiger partial charge on any atom is 0.121 e. The van der Waals surface area contributed by atoms with Gasteiger partial charge in [-0.25, -0.2) is 0 Å². The van der Waals surface area contributed by atoms with Gasteiger partial charge in [0, 0.05) is 32.6 Å². The first-order chi connectivity index (χ1) is 8.77. The number of methoxy groups -OCH3 is 2. The zero-order valence-electron chi connectivity index (χ0n) is 11.5. The fourth-order valence-corrected chi connectivity index (χ4v) is 1.66. The van der Waals surface area contributed by atoms with E-state index >= 15 is 0 Å². The molecule has 0 heterocycles. The molecule has 4 heteroatoms. The number of hydrogen-bond acceptors (Lipinski definition) is 4. The Morgan fingerprint density at radius 2 is 1.94 bits per heavy atom. The molecule has 0 atom stereocenters. The number of rotatable bonds is 9. The minimum absolute atomic E-state index is 0.703. The molecule has 0 saturated carbocycles. The zero-order chi connectivity index (χ0) is 13.2. The van der Waals surface area contributed by atoms with Gasteiger partial charge in [-0.15, -0.1) is 0 Å². The lowest BCUT2D eigenvalue weighted by atomic mass is 10.2. The van der Waals surface area contributed by atoms with E-state index in [0.29, 0.717) is 6.61 Å². The molecule has 0 aliphatic rings. The van der Waals surface area contributed by atoms with E-state index in [1.807, 2.05) is 19.1 Å². The van der Waals surface area contributed by atoms with Crippen molar-refractivity contribution in [3.8, 4) is 5.75 Å². The van der Waals surface area contributed by atoms with Crippen LogP contribution < -0.4 is 10.1 Å². The van der Waals surface area contributed by atoms with Crippen molar-refractivity contribution in [2.24, 2.45) is 0 Å². The highest BCUT2D eigenvalue weighted by Gasteiger charge is 1.99. The standard InChI is InChI=1S/C14H23NO3/c1-12-11-13(5-6-14(12)17-3)15-7-10-18-9-4-8-16-2/h5-6,11,15H,4,7-10H2,1-3H3. The van der Waals surface area contributed by atoms with Crippen LogP contribution in [-0.2, 0) is 9.47 Å². The summed E-state index contributed by atoms with van der Waals surface area (Å²) in [7, 11) is 3.39. The van der Waals surface area contributed by atoms with Crippen LogP contribution in [0.2, 0.25) is 0 Å². The summed E-state index contributed by atoms with van der Waals surface area (Å²) in [4.78, 5) is 0. The first-order valence-corrected chi connectivity index (χ1v) is 6.23. The van der Waals surface area contributed by atoms with Gasteiger partial charge >= 0.3 is 0 Å². The van der Waals surface area contributed by atoms with E-state index in [4.69, 9.17) is 14.2 Å². The molecule has 0 radical (unpaired) electrons. The van der Waals surface area contributed by atoms with Gasteiger partial charge < -0.3 is 19.5 Å². The zero-order valence-corrected chi connectivity index (χ0v) is 11.5. The van der Waals surface area contributed by atoms with E-state index in [1.165, 1.54) is 0 Å². The summed E-state index contributed by atoms with van der Waals surface area (Å²) in [5.41, 5.74) is 2.22. The Kier molecular flexibility index (Phi) is 7.22. The predicted molar refractivity (Wildman–Crippen MR) is 73.5 cm³/mol. The molecular weight excluding hydrogens is 230 g/mol. The molecule has 0 aliphatic heterocycles. The first-order valence-electron chi connectivity index (χ1n) is 6.23. The lowest BCUT2D eigenvalue weighted by molar-refractivity contribution is 0.109. The second-order valence-corrected chi connectivity index (χ2v) is 4.07. The Morgan fingerprint density at radius 1 is 1.11 bits per heavy atom. The van der Waals surface area contributed by atoms with Gasteiger partial charge in [0.2, 0.25) is 0 Å². The van der Waals surface area contributed by atoms with Gasteiger partial charge in [0.1, 0.15) is 5.75 Å². The van der Waals surface area contributed by atoms with E-state index in [1.54, 1.807) is 14.2 Å². The molecule has 0 amide bonds. The maximum absolute atomic E-state index is 5.47. The number of benzene rings is 1. The molecule has 0 aromatic heterocycles. The number of nitrogens with one attached hydrogen (secondary N) is 1. The molecule has 0 saturated heterocycles. The highest BCUT2D eigenvalue weighted by Crippen LogP contribution is 2.20. The normalized spacial score (nSPS) is 10.4. The molecule has 0 spiro atoms. The smallest absolute Gasteiger partial charge is 0.121 e. The van der Waals surface area contributed by atoms with Gasteiger partial charge in [0.05, 0.1) is 13.7 Å². The number of aryl methyl sites for hydroxylation is 1. The van der Waals surface area contributed by atoms with E-state index < -0.39 is 0 Å². The molecule has 1 N–H and O–H groups in total. The van der Waals surface area contributed by atoms with Crippen LogP contribution in [-0.4, -0.2) is 40.6 Å². The Bertz CT molecular complexity index is 342. The minimum atomic E-state index is 0.703. The molecule has 1 rings (SSSR count). The van der Waals surface area contributed by atoms with Crippen LogP contribution in [0.5, 0.6) is 5.75 Å².